The maximum atomic E-state index is 5.69. The summed E-state index contributed by atoms with van der Waals surface area (Å²) in [5.74, 6) is 1.13. The zero-order valence-corrected chi connectivity index (χ0v) is 11.9. The fourth-order valence-electron chi connectivity index (χ4n) is 2.61. The van der Waals surface area contributed by atoms with Gasteiger partial charge in [-0.25, -0.2) is 0 Å². The second-order valence-electron chi connectivity index (χ2n) is 5.12. The minimum Gasteiger partial charge on any atom is -0.399 e. The smallest absolute Gasteiger partial charge is 0.0314 e. The summed E-state index contributed by atoms with van der Waals surface area (Å²) in [5, 5.41) is 0. The Morgan fingerprint density at radius 2 is 1.74 bits per heavy atom. The molecule has 3 rings (SSSR count). The summed E-state index contributed by atoms with van der Waals surface area (Å²) in [6.07, 6.45) is 4.96. The minimum atomic E-state index is 0.843. The van der Waals surface area contributed by atoms with Crippen LogP contribution in [0.15, 0.2) is 47.4 Å². The van der Waals surface area contributed by atoms with Gasteiger partial charge >= 0.3 is 0 Å². The maximum Gasteiger partial charge on any atom is 0.0314 e. The highest BCUT2D eigenvalue weighted by atomic mass is 32.2. The van der Waals surface area contributed by atoms with Gasteiger partial charge < -0.3 is 5.73 Å². The number of thioether (sulfide) groups is 1. The number of anilines is 1. The van der Waals surface area contributed by atoms with Gasteiger partial charge in [-0.15, -0.1) is 11.8 Å². The molecule has 0 saturated heterocycles. The third-order valence-electron chi connectivity index (χ3n) is 3.71. The van der Waals surface area contributed by atoms with E-state index in [0.29, 0.717) is 0 Å². The molecular weight excluding hydrogens is 250 g/mol. The summed E-state index contributed by atoms with van der Waals surface area (Å²) < 4.78 is 0. The Hall–Kier alpha value is -1.41. The largest absolute Gasteiger partial charge is 0.399 e. The van der Waals surface area contributed by atoms with E-state index in [1.165, 1.54) is 29.7 Å². The van der Waals surface area contributed by atoms with Crippen LogP contribution in [0.2, 0.25) is 0 Å². The maximum absolute atomic E-state index is 5.69. The van der Waals surface area contributed by atoms with Crippen molar-refractivity contribution in [1.29, 1.82) is 0 Å². The van der Waals surface area contributed by atoms with E-state index in [2.05, 4.69) is 30.3 Å². The van der Waals surface area contributed by atoms with E-state index in [1.807, 2.05) is 23.9 Å². The number of fused-ring (bicyclic) bond motifs is 1. The van der Waals surface area contributed by atoms with Crippen LogP contribution >= 0.6 is 11.8 Å². The predicted octanol–water partition coefficient (Wildman–Crippen LogP) is 4.09. The molecule has 2 aromatic carbocycles. The van der Waals surface area contributed by atoms with Gasteiger partial charge in [0, 0.05) is 16.3 Å². The molecule has 0 fully saturated rings. The Balaban J connectivity index is 1.56. The normalized spacial score (nSPS) is 13.5. The van der Waals surface area contributed by atoms with Crippen molar-refractivity contribution in [3.63, 3.8) is 0 Å². The van der Waals surface area contributed by atoms with Gasteiger partial charge in [0.25, 0.3) is 0 Å². The monoisotopic (exact) mass is 269 g/mol. The van der Waals surface area contributed by atoms with Crippen LogP contribution < -0.4 is 5.73 Å². The number of hydrogen-bond acceptors (Lipinski definition) is 2. The average molecular weight is 269 g/mol. The first-order valence-electron chi connectivity index (χ1n) is 6.90. The number of hydrogen-bond donors (Lipinski definition) is 1. The molecule has 2 aromatic rings. The summed E-state index contributed by atoms with van der Waals surface area (Å²) in [7, 11) is 0. The second kappa shape index (κ2) is 5.70. The van der Waals surface area contributed by atoms with Crippen molar-refractivity contribution < 1.29 is 0 Å². The third kappa shape index (κ3) is 3.13. The summed E-state index contributed by atoms with van der Waals surface area (Å²) >= 11 is 1.95. The summed E-state index contributed by atoms with van der Waals surface area (Å²) in [4.78, 5) is 1.41. The second-order valence-corrected chi connectivity index (χ2v) is 6.29. The first kappa shape index (κ1) is 12.6. The van der Waals surface area contributed by atoms with Crippen molar-refractivity contribution in [2.45, 2.75) is 30.6 Å². The lowest BCUT2D eigenvalue weighted by Crippen LogP contribution is -1.91. The van der Waals surface area contributed by atoms with E-state index in [1.54, 1.807) is 11.1 Å². The van der Waals surface area contributed by atoms with Crippen LogP contribution in [0.25, 0.3) is 0 Å². The van der Waals surface area contributed by atoms with Gasteiger partial charge in [-0.3, -0.25) is 0 Å². The number of nitrogens with two attached hydrogens (primary N) is 1. The van der Waals surface area contributed by atoms with Crippen molar-refractivity contribution in [2.24, 2.45) is 0 Å². The number of benzene rings is 2. The molecule has 2 N–H and O–H groups in total. The fourth-order valence-corrected chi connectivity index (χ4v) is 3.57. The van der Waals surface area contributed by atoms with E-state index >= 15 is 0 Å². The Bertz CT molecular complexity index is 560. The molecule has 0 bridgehead atoms. The SMILES string of the molecule is Nc1ccc(CCSc2ccc3c(c2)CCC3)cc1. The highest BCUT2D eigenvalue weighted by Gasteiger charge is 2.10. The van der Waals surface area contributed by atoms with Gasteiger partial charge in [-0.2, -0.15) is 0 Å². The van der Waals surface area contributed by atoms with Crippen LogP contribution in [0.3, 0.4) is 0 Å². The van der Waals surface area contributed by atoms with Crippen molar-refractivity contribution in [2.75, 3.05) is 11.5 Å². The lowest BCUT2D eigenvalue weighted by molar-refractivity contribution is 0.911. The molecule has 0 atom stereocenters. The first-order valence-corrected chi connectivity index (χ1v) is 7.89. The van der Waals surface area contributed by atoms with Gasteiger partial charge in [-0.05, 0) is 66.6 Å². The Kier molecular flexibility index (Phi) is 3.79. The number of nitrogen functional groups attached to an aromatic ring is 1. The van der Waals surface area contributed by atoms with Crippen LogP contribution in [-0.2, 0) is 19.3 Å². The molecule has 0 radical (unpaired) electrons. The lowest BCUT2D eigenvalue weighted by Gasteiger charge is -2.05. The van der Waals surface area contributed by atoms with Crippen molar-refractivity contribution in [3.05, 3.63) is 59.2 Å². The summed E-state index contributed by atoms with van der Waals surface area (Å²) in [6, 6.07) is 15.2. The fraction of sp³-hybridized carbons (Fsp3) is 0.294. The molecule has 0 heterocycles. The molecule has 0 aromatic heterocycles. The van der Waals surface area contributed by atoms with E-state index in [4.69, 9.17) is 5.73 Å². The third-order valence-corrected chi connectivity index (χ3v) is 4.70. The van der Waals surface area contributed by atoms with Gasteiger partial charge in [0.2, 0.25) is 0 Å². The molecule has 0 unspecified atom stereocenters. The molecule has 1 aliphatic rings. The topological polar surface area (TPSA) is 26.0 Å². The van der Waals surface area contributed by atoms with E-state index in [-0.39, 0.29) is 0 Å². The molecule has 0 aliphatic heterocycles. The predicted molar refractivity (Wildman–Crippen MR) is 83.7 cm³/mol. The Morgan fingerprint density at radius 1 is 0.947 bits per heavy atom. The van der Waals surface area contributed by atoms with E-state index in [9.17, 15) is 0 Å². The van der Waals surface area contributed by atoms with Crippen LogP contribution in [-0.4, -0.2) is 5.75 Å². The molecule has 0 saturated carbocycles. The van der Waals surface area contributed by atoms with Crippen LogP contribution in [0.5, 0.6) is 0 Å². The molecule has 0 spiro atoms. The summed E-state index contributed by atoms with van der Waals surface area (Å²) in [5.41, 5.74) is 11.0. The molecule has 2 heteroatoms. The van der Waals surface area contributed by atoms with Crippen molar-refractivity contribution in [3.8, 4) is 0 Å². The van der Waals surface area contributed by atoms with Crippen LogP contribution in [0, 0.1) is 0 Å². The van der Waals surface area contributed by atoms with Crippen molar-refractivity contribution >= 4 is 17.4 Å². The van der Waals surface area contributed by atoms with E-state index < -0.39 is 0 Å². The first-order chi connectivity index (χ1) is 9.31. The Labute approximate surface area is 119 Å². The summed E-state index contributed by atoms with van der Waals surface area (Å²) in [6.45, 7) is 0. The Morgan fingerprint density at radius 3 is 2.58 bits per heavy atom. The molecular formula is C17H19NS. The number of rotatable bonds is 4. The van der Waals surface area contributed by atoms with Crippen molar-refractivity contribution in [1.82, 2.24) is 0 Å². The minimum absolute atomic E-state index is 0.843. The number of aryl methyl sites for hydroxylation is 3. The highest BCUT2D eigenvalue weighted by molar-refractivity contribution is 7.99. The molecule has 1 nitrogen and oxygen atoms in total. The quantitative estimate of drug-likeness (QED) is 0.668. The zero-order chi connectivity index (χ0) is 13.1. The van der Waals surface area contributed by atoms with Gasteiger partial charge in [0.05, 0.1) is 0 Å². The standard InChI is InChI=1S/C17H19NS/c18-16-7-4-13(5-8-16)10-11-19-17-9-6-14-2-1-3-15(14)12-17/h4-9,12H,1-3,10-11,18H2. The zero-order valence-electron chi connectivity index (χ0n) is 11.1. The molecule has 19 heavy (non-hydrogen) atoms. The molecule has 1 aliphatic carbocycles. The van der Waals surface area contributed by atoms with Gasteiger partial charge in [-0.1, -0.05) is 18.2 Å². The molecule has 0 amide bonds. The van der Waals surface area contributed by atoms with E-state index in [0.717, 1.165) is 17.9 Å². The van der Waals surface area contributed by atoms with Crippen LogP contribution in [0.1, 0.15) is 23.1 Å². The lowest BCUT2D eigenvalue weighted by atomic mass is 10.1. The average Bonchev–Trinajstić information content (AvgIpc) is 2.88. The highest BCUT2D eigenvalue weighted by Crippen LogP contribution is 2.27. The van der Waals surface area contributed by atoms with Gasteiger partial charge in [0.15, 0.2) is 0 Å². The van der Waals surface area contributed by atoms with Crippen LogP contribution in [0.4, 0.5) is 5.69 Å². The van der Waals surface area contributed by atoms with Gasteiger partial charge in [0.1, 0.15) is 0 Å². The molecule has 98 valence electrons.